The normalized spacial score (nSPS) is 13.1. The number of benzene rings is 1. The second kappa shape index (κ2) is 7.75. The minimum Gasteiger partial charge on any atom is -0.490 e. The summed E-state index contributed by atoms with van der Waals surface area (Å²) < 4.78 is 7.45. The highest BCUT2D eigenvalue weighted by atomic mass is 16.5. The van der Waals surface area contributed by atoms with E-state index in [1.807, 2.05) is 35.9 Å². The van der Waals surface area contributed by atoms with Gasteiger partial charge in [-0.05, 0) is 31.2 Å². The molecule has 3 aromatic rings. The predicted octanol–water partition coefficient (Wildman–Crippen LogP) is 1.69. The Bertz CT molecular complexity index is 1070. The summed E-state index contributed by atoms with van der Waals surface area (Å²) in [6, 6.07) is 10.3. The zero-order valence-corrected chi connectivity index (χ0v) is 15.9. The largest absolute Gasteiger partial charge is 0.490 e. The van der Waals surface area contributed by atoms with Gasteiger partial charge >= 0.3 is 0 Å². The van der Waals surface area contributed by atoms with Crippen molar-refractivity contribution in [1.82, 2.24) is 19.6 Å². The Balaban J connectivity index is 1.34. The fraction of sp³-hybridized carbons (Fsp3) is 0.238. The van der Waals surface area contributed by atoms with Gasteiger partial charge in [0, 0.05) is 25.4 Å². The molecule has 8 heteroatoms. The Morgan fingerprint density at radius 2 is 1.83 bits per heavy atom. The van der Waals surface area contributed by atoms with Gasteiger partial charge in [0.1, 0.15) is 6.54 Å². The lowest BCUT2D eigenvalue weighted by Crippen LogP contribution is -2.40. The predicted molar refractivity (Wildman–Crippen MR) is 105 cm³/mol. The first kappa shape index (κ1) is 18.7. The van der Waals surface area contributed by atoms with Crippen LogP contribution >= 0.6 is 0 Å². The van der Waals surface area contributed by atoms with E-state index in [1.165, 1.54) is 0 Å². The number of amides is 3. The number of pyridine rings is 1. The molecule has 148 valence electrons. The molecule has 0 fully saturated rings. The topological polar surface area (TPSA) is 93.0 Å². The summed E-state index contributed by atoms with van der Waals surface area (Å²) in [6.07, 6.45) is 4.28. The Kier molecular flexibility index (Phi) is 4.99. The summed E-state index contributed by atoms with van der Waals surface area (Å²) in [4.78, 5) is 42.4. The van der Waals surface area contributed by atoms with Gasteiger partial charge < -0.3 is 14.5 Å². The number of fused-ring (bicyclic) bond motifs is 2. The SMILES string of the molecule is CCOc1cccn2cc(CCNC(=O)CN3C(=O)c4ccccc4C3=O)nc12. The first-order chi connectivity index (χ1) is 14.1. The quantitative estimate of drug-likeness (QED) is 0.618. The van der Waals surface area contributed by atoms with E-state index < -0.39 is 17.7 Å². The maximum absolute atomic E-state index is 12.3. The summed E-state index contributed by atoms with van der Waals surface area (Å²) in [5.74, 6) is -0.566. The number of nitrogens with zero attached hydrogens (tertiary/aromatic N) is 3. The molecule has 8 nitrogen and oxygen atoms in total. The summed E-state index contributed by atoms with van der Waals surface area (Å²) in [7, 11) is 0. The molecule has 3 heterocycles. The fourth-order valence-electron chi connectivity index (χ4n) is 3.34. The smallest absolute Gasteiger partial charge is 0.262 e. The Morgan fingerprint density at radius 3 is 2.52 bits per heavy atom. The second-order valence-corrected chi connectivity index (χ2v) is 6.61. The van der Waals surface area contributed by atoms with Gasteiger partial charge in [-0.2, -0.15) is 0 Å². The number of imide groups is 1. The van der Waals surface area contributed by atoms with Crippen molar-refractivity contribution in [2.24, 2.45) is 0 Å². The van der Waals surface area contributed by atoms with Gasteiger partial charge in [0.05, 0.1) is 23.4 Å². The van der Waals surface area contributed by atoms with Crippen molar-refractivity contribution in [2.45, 2.75) is 13.3 Å². The minimum atomic E-state index is -0.440. The van der Waals surface area contributed by atoms with Crippen molar-refractivity contribution >= 4 is 23.4 Å². The van der Waals surface area contributed by atoms with E-state index in [2.05, 4.69) is 10.3 Å². The van der Waals surface area contributed by atoms with E-state index in [-0.39, 0.29) is 6.54 Å². The average Bonchev–Trinajstić information content (AvgIpc) is 3.24. The number of carbonyl (C=O) groups is 3. The molecule has 0 unspecified atom stereocenters. The van der Waals surface area contributed by atoms with Crippen LogP contribution < -0.4 is 10.1 Å². The molecule has 0 saturated carbocycles. The van der Waals surface area contributed by atoms with Crippen LogP contribution in [-0.2, 0) is 11.2 Å². The summed E-state index contributed by atoms with van der Waals surface area (Å²) in [6.45, 7) is 2.51. The maximum Gasteiger partial charge on any atom is 0.262 e. The van der Waals surface area contributed by atoms with Gasteiger partial charge in [0.15, 0.2) is 11.4 Å². The Hall–Kier alpha value is -3.68. The van der Waals surface area contributed by atoms with E-state index in [0.29, 0.717) is 36.4 Å². The molecule has 3 amide bonds. The minimum absolute atomic E-state index is 0.300. The van der Waals surface area contributed by atoms with E-state index in [9.17, 15) is 14.4 Å². The van der Waals surface area contributed by atoms with Crippen molar-refractivity contribution in [3.8, 4) is 5.75 Å². The molecule has 0 spiro atoms. The number of nitrogens with one attached hydrogen (secondary N) is 1. The van der Waals surface area contributed by atoms with Crippen LogP contribution in [0.1, 0.15) is 33.3 Å². The molecule has 29 heavy (non-hydrogen) atoms. The lowest BCUT2D eigenvalue weighted by Gasteiger charge is -2.13. The van der Waals surface area contributed by atoms with Crippen LogP contribution in [0.4, 0.5) is 0 Å². The molecule has 1 aromatic carbocycles. The standard InChI is InChI=1S/C21H20N4O4/c1-2-29-17-8-5-11-24-12-14(23-19(17)24)9-10-22-18(26)13-25-20(27)15-6-3-4-7-16(15)21(25)28/h3-8,11-12H,2,9-10,13H2,1H3,(H,22,26). The zero-order valence-electron chi connectivity index (χ0n) is 15.9. The molecule has 0 radical (unpaired) electrons. The molecular formula is C21H20N4O4. The lowest BCUT2D eigenvalue weighted by atomic mass is 10.1. The van der Waals surface area contributed by atoms with Crippen molar-refractivity contribution in [1.29, 1.82) is 0 Å². The molecule has 1 N–H and O–H groups in total. The van der Waals surface area contributed by atoms with Crippen molar-refractivity contribution in [3.05, 3.63) is 65.6 Å². The van der Waals surface area contributed by atoms with Crippen molar-refractivity contribution in [2.75, 3.05) is 19.7 Å². The van der Waals surface area contributed by atoms with Gasteiger partial charge in [-0.3, -0.25) is 19.3 Å². The Labute approximate surface area is 167 Å². The van der Waals surface area contributed by atoms with Crippen LogP contribution in [0.15, 0.2) is 48.8 Å². The molecule has 0 atom stereocenters. The molecule has 4 rings (SSSR count). The van der Waals surface area contributed by atoms with Gasteiger partial charge in [0.25, 0.3) is 11.8 Å². The van der Waals surface area contributed by atoms with Crippen LogP contribution in [0.3, 0.4) is 0 Å². The molecule has 0 bridgehead atoms. The highest BCUT2D eigenvalue weighted by Gasteiger charge is 2.36. The van der Waals surface area contributed by atoms with Gasteiger partial charge in [-0.15, -0.1) is 0 Å². The number of hydrogen-bond donors (Lipinski definition) is 1. The van der Waals surface area contributed by atoms with Gasteiger partial charge in [-0.25, -0.2) is 4.98 Å². The number of carbonyl (C=O) groups excluding carboxylic acids is 3. The third-order valence-corrected chi connectivity index (χ3v) is 4.68. The summed E-state index contributed by atoms with van der Waals surface area (Å²) in [5.41, 5.74) is 2.19. The lowest BCUT2D eigenvalue weighted by molar-refractivity contribution is -0.121. The monoisotopic (exact) mass is 392 g/mol. The first-order valence-corrected chi connectivity index (χ1v) is 9.39. The van der Waals surface area contributed by atoms with Crippen LogP contribution in [0.5, 0.6) is 5.75 Å². The fourth-order valence-corrected chi connectivity index (χ4v) is 3.34. The maximum atomic E-state index is 12.3. The summed E-state index contributed by atoms with van der Waals surface area (Å²) >= 11 is 0. The van der Waals surface area contributed by atoms with Crippen molar-refractivity contribution < 1.29 is 19.1 Å². The van der Waals surface area contributed by atoms with Crippen LogP contribution in [-0.4, -0.2) is 51.7 Å². The Morgan fingerprint density at radius 1 is 1.10 bits per heavy atom. The number of rotatable bonds is 7. The van der Waals surface area contributed by atoms with E-state index in [1.54, 1.807) is 24.3 Å². The average molecular weight is 392 g/mol. The highest BCUT2D eigenvalue weighted by molar-refractivity contribution is 6.22. The molecular weight excluding hydrogens is 372 g/mol. The molecule has 0 aliphatic carbocycles. The number of hydrogen-bond acceptors (Lipinski definition) is 5. The van der Waals surface area contributed by atoms with E-state index in [0.717, 1.165) is 16.2 Å². The van der Waals surface area contributed by atoms with Crippen LogP contribution in [0, 0.1) is 0 Å². The third-order valence-electron chi connectivity index (χ3n) is 4.68. The molecule has 1 aliphatic rings. The van der Waals surface area contributed by atoms with Gasteiger partial charge in [-0.1, -0.05) is 12.1 Å². The van der Waals surface area contributed by atoms with Crippen LogP contribution in [0.25, 0.3) is 5.65 Å². The van der Waals surface area contributed by atoms with E-state index in [4.69, 9.17) is 4.74 Å². The van der Waals surface area contributed by atoms with E-state index >= 15 is 0 Å². The number of aromatic nitrogens is 2. The zero-order chi connectivity index (χ0) is 20.4. The summed E-state index contributed by atoms with van der Waals surface area (Å²) in [5, 5.41) is 2.74. The molecule has 0 saturated heterocycles. The van der Waals surface area contributed by atoms with Crippen LogP contribution in [0.2, 0.25) is 0 Å². The first-order valence-electron chi connectivity index (χ1n) is 9.39. The number of imidazole rings is 1. The third kappa shape index (κ3) is 3.56. The van der Waals surface area contributed by atoms with Gasteiger partial charge in [0.2, 0.25) is 5.91 Å². The second-order valence-electron chi connectivity index (χ2n) is 6.61. The van der Waals surface area contributed by atoms with Crippen molar-refractivity contribution in [3.63, 3.8) is 0 Å². The highest BCUT2D eigenvalue weighted by Crippen LogP contribution is 2.22. The number of ether oxygens (including phenoxy) is 1. The molecule has 2 aromatic heterocycles. The molecule has 1 aliphatic heterocycles.